The summed E-state index contributed by atoms with van der Waals surface area (Å²) in [7, 11) is 1.37. The number of hydrogen-bond acceptors (Lipinski definition) is 4. The molecule has 1 aromatic carbocycles. The molecule has 0 unspecified atom stereocenters. The summed E-state index contributed by atoms with van der Waals surface area (Å²) in [5.74, 6) is -0.358. The van der Waals surface area contributed by atoms with E-state index in [1.807, 2.05) is 24.4 Å². The predicted molar refractivity (Wildman–Crippen MR) is 75.1 cm³/mol. The molecular weight excluding hydrogens is 270 g/mol. The highest BCUT2D eigenvalue weighted by atomic mass is 35.5. The summed E-state index contributed by atoms with van der Waals surface area (Å²) in [5, 5.41) is 7.41. The zero-order chi connectivity index (χ0) is 13.1. The number of halogens is 1. The lowest BCUT2D eigenvalue weighted by Gasteiger charge is -2.11. The SMILES string of the molecule is COC(=O)c1cscc1Nc1c(C)cccc1Cl. The molecule has 0 atom stereocenters. The molecule has 0 fully saturated rings. The molecule has 0 radical (unpaired) electrons. The third kappa shape index (κ3) is 2.49. The van der Waals surface area contributed by atoms with Crippen molar-refractivity contribution in [3.05, 3.63) is 45.1 Å². The van der Waals surface area contributed by atoms with Gasteiger partial charge in [0.15, 0.2) is 0 Å². The molecule has 18 heavy (non-hydrogen) atoms. The molecule has 0 spiro atoms. The molecule has 0 saturated carbocycles. The number of aryl methyl sites for hydroxylation is 1. The van der Waals surface area contributed by atoms with Crippen molar-refractivity contribution in [3.8, 4) is 0 Å². The van der Waals surface area contributed by atoms with Gasteiger partial charge >= 0.3 is 5.97 Å². The molecule has 0 amide bonds. The van der Waals surface area contributed by atoms with Gasteiger partial charge in [0, 0.05) is 10.8 Å². The van der Waals surface area contributed by atoms with E-state index in [4.69, 9.17) is 16.3 Å². The predicted octanol–water partition coefficient (Wildman–Crippen LogP) is 4.24. The Morgan fingerprint density at radius 3 is 2.83 bits per heavy atom. The summed E-state index contributed by atoms with van der Waals surface area (Å²) in [5.41, 5.74) is 3.05. The van der Waals surface area contributed by atoms with Crippen molar-refractivity contribution in [2.45, 2.75) is 6.92 Å². The highest BCUT2D eigenvalue weighted by Gasteiger charge is 2.14. The number of rotatable bonds is 3. The number of thiophene rings is 1. The Labute approximate surface area is 114 Å². The number of benzene rings is 1. The first-order valence-electron chi connectivity index (χ1n) is 5.30. The maximum absolute atomic E-state index is 11.6. The van der Waals surface area contributed by atoms with Gasteiger partial charge in [0.25, 0.3) is 0 Å². The molecule has 1 heterocycles. The first kappa shape index (κ1) is 12.9. The Morgan fingerprint density at radius 1 is 1.39 bits per heavy atom. The lowest BCUT2D eigenvalue weighted by molar-refractivity contribution is 0.0602. The average Bonchev–Trinajstić information content (AvgIpc) is 2.81. The number of methoxy groups -OCH3 is 1. The van der Waals surface area contributed by atoms with Gasteiger partial charge in [-0.2, -0.15) is 0 Å². The third-order valence-corrected chi connectivity index (χ3v) is 3.61. The summed E-state index contributed by atoms with van der Waals surface area (Å²) < 4.78 is 4.73. The lowest BCUT2D eigenvalue weighted by atomic mass is 10.2. The lowest BCUT2D eigenvalue weighted by Crippen LogP contribution is -2.03. The minimum Gasteiger partial charge on any atom is -0.465 e. The first-order chi connectivity index (χ1) is 8.63. The van der Waals surface area contributed by atoms with Gasteiger partial charge in [0.2, 0.25) is 0 Å². The summed E-state index contributed by atoms with van der Waals surface area (Å²) in [6, 6.07) is 5.65. The Balaban J connectivity index is 2.35. The van der Waals surface area contributed by atoms with Crippen LogP contribution in [0.3, 0.4) is 0 Å². The molecule has 2 aromatic rings. The fraction of sp³-hybridized carbons (Fsp3) is 0.154. The standard InChI is InChI=1S/C13H12ClNO2S/c1-8-4-3-5-10(14)12(8)15-11-7-18-6-9(11)13(16)17-2/h3-7,15H,1-2H3. The molecule has 94 valence electrons. The van der Waals surface area contributed by atoms with Gasteiger partial charge < -0.3 is 10.1 Å². The molecule has 1 N–H and O–H groups in total. The fourth-order valence-electron chi connectivity index (χ4n) is 1.59. The van der Waals surface area contributed by atoms with Crippen LogP contribution in [0, 0.1) is 6.92 Å². The van der Waals surface area contributed by atoms with Crippen molar-refractivity contribution in [2.24, 2.45) is 0 Å². The van der Waals surface area contributed by atoms with Crippen molar-refractivity contribution in [1.82, 2.24) is 0 Å². The minimum atomic E-state index is -0.358. The third-order valence-electron chi connectivity index (χ3n) is 2.55. The van der Waals surface area contributed by atoms with Gasteiger partial charge in [-0.15, -0.1) is 11.3 Å². The van der Waals surface area contributed by atoms with E-state index >= 15 is 0 Å². The number of nitrogens with one attached hydrogen (secondary N) is 1. The van der Waals surface area contributed by atoms with Crippen LogP contribution in [-0.4, -0.2) is 13.1 Å². The number of anilines is 2. The van der Waals surface area contributed by atoms with Crippen LogP contribution in [0.15, 0.2) is 29.0 Å². The van der Waals surface area contributed by atoms with Crippen molar-refractivity contribution in [1.29, 1.82) is 0 Å². The highest BCUT2D eigenvalue weighted by molar-refractivity contribution is 7.08. The van der Waals surface area contributed by atoms with Gasteiger partial charge in [0.1, 0.15) is 0 Å². The number of ether oxygens (including phenoxy) is 1. The number of para-hydroxylation sites is 1. The normalized spacial score (nSPS) is 10.2. The van der Waals surface area contributed by atoms with Gasteiger partial charge in [0.05, 0.1) is 29.1 Å². The summed E-state index contributed by atoms with van der Waals surface area (Å²) >= 11 is 7.57. The number of carbonyl (C=O) groups excluding carboxylic acids is 1. The van der Waals surface area contributed by atoms with Gasteiger partial charge in [-0.3, -0.25) is 0 Å². The zero-order valence-corrected chi connectivity index (χ0v) is 11.6. The quantitative estimate of drug-likeness (QED) is 0.855. The molecule has 2 rings (SSSR count). The topological polar surface area (TPSA) is 38.3 Å². The maximum atomic E-state index is 11.6. The Bertz CT molecular complexity index is 560. The second kappa shape index (κ2) is 5.42. The van der Waals surface area contributed by atoms with Crippen molar-refractivity contribution >= 4 is 40.3 Å². The second-order valence-electron chi connectivity index (χ2n) is 3.75. The Hall–Kier alpha value is -1.52. The van der Waals surface area contributed by atoms with Crippen LogP contribution in [0.5, 0.6) is 0 Å². The Kier molecular flexibility index (Phi) is 3.89. The maximum Gasteiger partial charge on any atom is 0.340 e. The molecule has 0 aliphatic carbocycles. The summed E-state index contributed by atoms with van der Waals surface area (Å²) in [6.07, 6.45) is 0. The van der Waals surface area contributed by atoms with Crippen LogP contribution in [0.1, 0.15) is 15.9 Å². The van der Waals surface area contributed by atoms with Crippen LogP contribution in [0.25, 0.3) is 0 Å². The van der Waals surface area contributed by atoms with Gasteiger partial charge in [-0.25, -0.2) is 4.79 Å². The monoisotopic (exact) mass is 281 g/mol. The number of esters is 1. The fourth-order valence-corrected chi connectivity index (χ4v) is 2.61. The number of carbonyl (C=O) groups is 1. The van der Waals surface area contributed by atoms with Crippen molar-refractivity contribution < 1.29 is 9.53 Å². The smallest absolute Gasteiger partial charge is 0.340 e. The molecule has 0 bridgehead atoms. The van der Waals surface area contributed by atoms with E-state index in [-0.39, 0.29) is 5.97 Å². The van der Waals surface area contributed by atoms with Crippen molar-refractivity contribution in [3.63, 3.8) is 0 Å². The van der Waals surface area contributed by atoms with E-state index in [1.165, 1.54) is 18.4 Å². The van der Waals surface area contributed by atoms with Crippen LogP contribution in [0.4, 0.5) is 11.4 Å². The highest BCUT2D eigenvalue weighted by Crippen LogP contribution is 2.31. The summed E-state index contributed by atoms with van der Waals surface area (Å²) in [6.45, 7) is 1.96. The van der Waals surface area contributed by atoms with Crippen molar-refractivity contribution in [2.75, 3.05) is 12.4 Å². The summed E-state index contributed by atoms with van der Waals surface area (Å²) in [4.78, 5) is 11.6. The van der Waals surface area contributed by atoms with E-state index in [1.54, 1.807) is 11.4 Å². The zero-order valence-electron chi connectivity index (χ0n) is 9.99. The molecular formula is C13H12ClNO2S. The van der Waals surface area contributed by atoms with Gasteiger partial charge in [-0.1, -0.05) is 23.7 Å². The molecule has 5 heteroatoms. The molecule has 0 aliphatic heterocycles. The molecule has 3 nitrogen and oxygen atoms in total. The van der Waals surface area contributed by atoms with E-state index in [0.717, 1.165) is 11.3 Å². The minimum absolute atomic E-state index is 0.358. The van der Waals surface area contributed by atoms with E-state index in [9.17, 15) is 4.79 Å². The molecule has 1 aromatic heterocycles. The average molecular weight is 282 g/mol. The largest absolute Gasteiger partial charge is 0.465 e. The van der Waals surface area contributed by atoms with E-state index in [2.05, 4.69) is 5.32 Å². The second-order valence-corrected chi connectivity index (χ2v) is 4.90. The Morgan fingerprint density at radius 2 is 2.17 bits per heavy atom. The van der Waals surface area contributed by atoms with Crippen LogP contribution < -0.4 is 5.32 Å². The van der Waals surface area contributed by atoms with Crippen LogP contribution in [0.2, 0.25) is 5.02 Å². The van der Waals surface area contributed by atoms with E-state index in [0.29, 0.717) is 16.3 Å². The van der Waals surface area contributed by atoms with Gasteiger partial charge in [-0.05, 0) is 18.6 Å². The van der Waals surface area contributed by atoms with E-state index < -0.39 is 0 Å². The molecule has 0 aliphatic rings. The van der Waals surface area contributed by atoms with Crippen LogP contribution in [-0.2, 0) is 4.74 Å². The van der Waals surface area contributed by atoms with Crippen LogP contribution >= 0.6 is 22.9 Å². The number of hydrogen-bond donors (Lipinski definition) is 1. The first-order valence-corrected chi connectivity index (χ1v) is 6.62. The molecule has 0 saturated heterocycles.